The highest BCUT2D eigenvalue weighted by Crippen LogP contribution is 2.34. The van der Waals surface area contributed by atoms with Gasteiger partial charge >= 0.3 is 0 Å². The van der Waals surface area contributed by atoms with Gasteiger partial charge in [0, 0.05) is 12.5 Å². The van der Waals surface area contributed by atoms with Crippen LogP contribution in [-0.4, -0.2) is 11.9 Å². The van der Waals surface area contributed by atoms with E-state index in [0.717, 1.165) is 32.1 Å². The summed E-state index contributed by atoms with van der Waals surface area (Å²) in [6.45, 7) is 1.99. The van der Waals surface area contributed by atoms with Crippen LogP contribution >= 0.6 is 0 Å². The number of terminal acetylenes is 1. The molecule has 1 N–H and O–H groups in total. The largest absolute Gasteiger partial charge is 0.351 e. The number of amides is 1. The van der Waals surface area contributed by atoms with Crippen molar-refractivity contribution in [2.45, 2.75) is 64.3 Å². The molecule has 1 rings (SSSR count). The molecule has 1 aliphatic rings. The number of hydrogen-bond acceptors (Lipinski definition) is 2. The van der Waals surface area contributed by atoms with E-state index in [9.17, 15) is 10.1 Å². The minimum absolute atomic E-state index is 0.00372. The molecule has 0 aromatic heterocycles. The lowest BCUT2D eigenvalue weighted by atomic mass is 9.80. The van der Waals surface area contributed by atoms with Crippen LogP contribution in [0.5, 0.6) is 0 Å². The van der Waals surface area contributed by atoms with Crippen LogP contribution in [0.4, 0.5) is 0 Å². The van der Waals surface area contributed by atoms with Crippen LogP contribution in [0.3, 0.4) is 0 Å². The average molecular weight is 246 g/mol. The first-order valence-electron chi connectivity index (χ1n) is 6.84. The highest BCUT2D eigenvalue weighted by atomic mass is 16.2. The van der Waals surface area contributed by atoms with Gasteiger partial charge in [-0.2, -0.15) is 5.26 Å². The summed E-state index contributed by atoms with van der Waals surface area (Å²) >= 11 is 0. The monoisotopic (exact) mass is 246 g/mol. The van der Waals surface area contributed by atoms with E-state index >= 15 is 0 Å². The van der Waals surface area contributed by atoms with Gasteiger partial charge in [-0.1, -0.05) is 32.6 Å². The Morgan fingerprint density at radius 1 is 1.39 bits per heavy atom. The lowest BCUT2D eigenvalue weighted by Crippen LogP contribution is -2.44. The molecule has 0 aliphatic heterocycles. The standard InChI is InChI=1S/C15H22N2O/c1-3-9-13(4-2)17-14(18)15(12-16)10-7-5-6-8-11-15/h1,13H,4-11H2,2H3,(H,17,18). The lowest BCUT2D eigenvalue weighted by molar-refractivity contribution is -0.129. The van der Waals surface area contributed by atoms with E-state index in [-0.39, 0.29) is 11.9 Å². The van der Waals surface area contributed by atoms with Crippen molar-refractivity contribution in [3.8, 4) is 18.4 Å². The number of carbonyl (C=O) groups excluding carboxylic acids is 1. The third-order valence-electron chi connectivity index (χ3n) is 3.80. The molecule has 0 spiro atoms. The van der Waals surface area contributed by atoms with Crippen molar-refractivity contribution >= 4 is 5.91 Å². The second-order valence-corrected chi connectivity index (χ2v) is 5.10. The van der Waals surface area contributed by atoms with Gasteiger partial charge < -0.3 is 5.32 Å². The molecule has 0 bridgehead atoms. The summed E-state index contributed by atoms with van der Waals surface area (Å²) in [4.78, 5) is 12.3. The topological polar surface area (TPSA) is 52.9 Å². The maximum Gasteiger partial charge on any atom is 0.240 e. The van der Waals surface area contributed by atoms with Gasteiger partial charge in [-0.25, -0.2) is 0 Å². The number of nitrogens with zero attached hydrogens (tertiary/aromatic N) is 1. The molecule has 3 heteroatoms. The van der Waals surface area contributed by atoms with Crippen LogP contribution in [0.2, 0.25) is 0 Å². The summed E-state index contributed by atoms with van der Waals surface area (Å²) in [6.07, 6.45) is 12.2. The van der Waals surface area contributed by atoms with Gasteiger partial charge in [-0.3, -0.25) is 4.79 Å². The third kappa shape index (κ3) is 3.50. The van der Waals surface area contributed by atoms with E-state index in [1.807, 2.05) is 6.92 Å². The van der Waals surface area contributed by atoms with Gasteiger partial charge in [0.15, 0.2) is 0 Å². The van der Waals surface area contributed by atoms with Crippen LogP contribution in [0, 0.1) is 29.1 Å². The average Bonchev–Trinajstić information content (AvgIpc) is 2.64. The second-order valence-electron chi connectivity index (χ2n) is 5.10. The maximum absolute atomic E-state index is 12.3. The summed E-state index contributed by atoms with van der Waals surface area (Å²) in [5.74, 6) is 2.46. The quantitative estimate of drug-likeness (QED) is 0.612. The fraction of sp³-hybridized carbons (Fsp3) is 0.733. The van der Waals surface area contributed by atoms with E-state index in [1.165, 1.54) is 0 Å². The van der Waals surface area contributed by atoms with E-state index < -0.39 is 5.41 Å². The zero-order chi connectivity index (χ0) is 13.4. The van der Waals surface area contributed by atoms with E-state index in [4.69, 9.17) is 6.42 Å². The van der Waals surface area contributed by atoms with Crippen molar-refractivity contribution in [2.75, 3.05) is 0 Å². The fourth-order valence-corrected chi connectivity index (χ4v) is 2.48. The number of nitriles is 1. The molecule has 0 aromatic rings. The fourth-order valence-electron chi connectivity index (χ4n) is 2.48. The maximum atomic E-state index is 12.3. The predicted octanol–water partition coefficient (Wildman–Crippen LogP) is 2.77. The first-order valence-corrected chi connectivity index (χ1v) is 6.84. The molecule has 98 valence electrons. The van der Waals surface area contributed by atoms with Gasteiger partial charge in [0.25, 0.3) is 0 Å². The van der Waals surface area contributed by atoms with Gasteiger partial charge in [-0.15, -0.1) is 12.3 Å². The number of rotatable bonds is 4. The number of hydrogen-bond donors (Lipinski definition) is 1. The molecule has 1 aliphatic carbocycles. The van der Waals surface area contributed by atoms with Crippen LogP contribution in [0.25, 0.3) is 0 Å². The molecule has 1 atom stereocenters. The van der Waals surface area contributed by atoms with Crippen molar-refractivity contribution in [3.05, 3.63) is 0 Å². The molecule has 3 nitrogen and oxygen atoms in total. The van der Waals surface area contributed by atoms with Crippen LogP contribution in [-0.2, 0) is 4.79 Å². The summed E-state index contributed by atoms with van der Waals surface area (Å²) in [6, 6.07) is 2.26. The first-order chi connectivity index (χ1) is 8.68. The first kappa shape index (κ1) is 14.6. The zero-order valence-electron chi connectivity index (χ0n) is 11.2. The van der Waals surface area contributed by atoms with Crippen molar-refractivity contribution in [3.63, 3.8) is 0 Å². The van der Waals surface area contributed by atoms with E-state index in [1.54, 1.807) is 0 Å². The molecule has 0 aromatic carbocycles. The summed E-state index contributed by atoms with van der Waals surface area (Å²) in [7, 11) is 0. The molecule has 1 fully saturated rings. The van der Waals surface area contributed by atoms with E-state index in [2.05, 4.69) is 17.3 Å². The van der Waals surface area contributed by atoms with E-state index in [0.29, 0.717) is 19.3 Å². The Morgan fingerprint density at radius 2 is 2.00 bits per heavy atom. The highest BCUT2D eigenvalue weighted by molar-refractivity contribution is 5.85. The second kappa shape index (κ2) is 7.07. The van der Waals surface area contributed by atoms with Gasteiger partial charge in [0.2, 0.25) is 5.91 Å². The minimum Gasteiger partial charge on any atom is -0.351 e. The van der Waals surface area contributed by atoms with Crippen molar-refractivity contribution in [2.24, 2.45) is 5.41 Å². The normalized spacial score (nSPS) is 19.9. The highest BCUT2D eigenvalue weighted by Gasteiger charge is 2.39. The van der Waals surface area contributed by atoms with Crippen LogP contribution in [0.15, 0.2) is 0 Å². The Balaban J connectivity index is 2.72. The SMILES string of the molecule is C#CCC(CC)NC(=O)C1(C#N)CCCCCC1. The van der Waals surface area contributed by atoms with Gasteiger partial charge in [0.05, 0.1) is 6.07 Å². The Hall–Kier alpha value is -1.48. The Morgan fingerprint density at radius 3 is 2.44 bits per heavy atom. The van der Waals surface area contributed by atoms with Crippen LogP contribution < -0.4 is 5.32 Å². The Labute approximate surface area is 110 Å². The molecule has 1 unspecified atom stereocenters. The minimum atomic E-state index is -0.821. The predicted molar refractivity (Wildman–Crippen MR) is 71.4 cm³/mol. The molecular weight excluding hydrogens is 224 g/mol. The van der Waals surface area contributed by atoms with Gasteiger partial charge in [0.1, 0.15) is 5.41 Å². The number of nitrogens with one attached hydrogen (secondary N) is 1. The Bertz CT molecular complexity index is 354. The molecule has 0 saturated heterocycles. The lowest BCUT2D eigenvalue weighted by Gasteiger charge is -2.26. The smallest absolute Gasteiger partial charge is 0.240 e. The van der Waals surface area contributed by atoms with Crippen molar-refractivity contribution < 1.29 is 4.79 Å². The molecule has 18 heavy (non-hydrogen) atoms. The Kier molecular flexibility index (Phi) is 5.72. The summed E-state index contributed by atoms with van der Waals surface area (Å²) in [5.41, 5.74) is -0.821. The molecular formula is C15H22N2O. The third-order valence-corrected chi connectivity index (χ3v) is 3.80. The summed E-state index contributed by atoms with van der Waals surface area (Å²) < 4.78 is 0. The van der Waals surface area contributed by atoms with Crippen molar-refractivity contribution in [1.82, 2.24) is 5.32 Å². The number of carbonyl (C=O) groups is 1. The molecule has 1 amide bonds. The molecule has 1 saturated carbocycles. The van der Waals surface area contributed by atoms with Crippen LogP contribution in [0.1, 0.15) is 58.3 Å². The molecule has 0 radical (unpaired) electrons. The zero-order valence-corrected chi connectivity index (χ0v) is 11.2. The molecule has 0 heterocycles. The van der Waals surface area contributed by atoms with Gasteiger partial charge in [-0.05, 0) is 19.3 Å². The summed E-state index contributed by atoms with van der Waals surface area (Å²) in [5, 5.41) is 12.4. The van der Waals surface area contributed by atoms with Crippen molar-refractivity contribution in [1.29, 1.82) is 5.26 Å².